The normalized spacial score (nSPS) is 18.9. The van der Waals surface area contributed by atoms with E-state index in [1.165, 1.54) is 16.5 Å². The summed E-state index contributed by atoms with van der Waals surface area (Å²) < 4.78 is 1.20. The maximum Gasteiger partial charge on any atom is 0.279 e. The number of fused-ring (bicyclic) bond motifs is 1. The Balaban J connectivity index is 1.40. The molecule has 0 aliphatic carbocycles. The van der Waals surface area contributed by atoms with Crippen LogP contribution in [-0.4, -0.2) is 29.9 Å². The fourth-order valence-electron chi connectivity index (χ4n) is 3.71. The molecule has 3 N–H and O–H groups in total. The van der Waals surface area contributed by atoms with Crippen LogP contribution in [0.4, 0.5) is 11.4 Å². The van der Waals surface area contributed by atoms with Crippen LogP contribution in [0.1, 0.15) is 30.8 Å². The highest BCUT2D eigenvalue weighted by molar-refractivity contribution is 7.18. The first-order chi connectivity index (χ1) is 13.6. The van der Waals surface area contributed by atoms with Gasteiger partial charge in [-0.3, -0.25) is 9.59 Å². The molecule has 1 aliphatic rings. The second kappa shape index (κ2) is 8.08. The monoisotopic (exact) mass is 395 g/mol. The van der Waals surface area contributed by atoms with Gasteiger partial charge in [-0.2, -0.15) is 0 Å². The quantitative estimate of drug-likeness (QED) is 0.622. The van der Waals surface area contributed by atoms with E-state index in [0.717, 1.165) is 35.6 Å². The van der Waals surface area contributed by atoms with Crippen molar-refractivity contribution in [1.29, 1.82) is 0 Å². The zero-order chi connectivity index (χ0) is 19.5. The number of nitrogens with zero attached hydrogens (tertiary/aromatic N) is 1. The summed E-state index contributed by atoms with van der Waals surface area (Å²) in [6.45, 7) is 2.87. The lowest BCUT2D eigenvalue weighted by molar-refractivity contribution is -0.910. The molecular weight excluding hydrogens is 372 g/mol. The highest BCUT2D eigenvalue weighted by Crippen LogP contribution is 2.28. The predicted molar refractivity (Wildman–Crippen MR) is 112 cm³/mol. The predicted octanol–water partition coefficient (Wildman–Crippen LogP) is 2.61. The van der Waals surface area contributed by atoms with Crippen molar-refractivity contribution in [2.24, 2.45) is 0 Å². The molecule has 1 aromatic heterocycles. The van der Waals surface area contributed by atoms with E-state index < -0.39 is 0 Å². The number of para-hydroxylation sites is 1. The van der Waals surface area contributed by atoms with E-state index in [4.69, 9.17) is 4.98 Å². The summed E-state index contributed by atoms with van der Waals surface area (Å²) in [6, 6.07) is 15.6. The van der Waals surface area contributed by atoms with Crippen LogP contribution >= 0.6 is 11.3 Å². The Morgan fingerprint density at radius 1 is 1.11 bits per heavy atom. The second-order valence-corrected chi connectivity index (χ2v) is 8.17. The fraction of sp³-hybridized carbons (Fsp3) is 0.286. The molecule has 28 heavy (non-hydrogen) atoms. The Labute approximate surface area is 167 Å². The molecule has 4 rings (SSSR count). The lowest BCUT2D eigenvalue weighted by Gasteiger charge is -2.19. The number of hydrogen-bond donors (Lipinski definition) is 3. The highest BCUT2D eigenvalue weighted by Gasteiger charge is 2.34. The Hall–Kier alpha value is -2.77. The summed E-state index contributed by atoms with van der Waals surface area (Å²) in [5.41, 5.74) is 2.48. The number of carbonyl (C=O) groups excluding carboxylic acids is 2. The molecule has 2 aromatic carbocycles. The molecule has 1 unspecified atom stereocenters. The van der Waals surface area contributed by atoms with Gasteiger partial charge in [0.15, 0.2) is 11.6 Å². The van der Waals surface area contributed by atoms with Crippen molar-refractivity contribution in [3.05, 3.63) is 53.5 Å². The number of anilines is 2. The van der Waals surface area contributed by atoms with Gasteiger partial charge in [-0.05, 0) is 36.4 Å². The van der Waals surface area contributed by atoms with Crippen LogP contribution in [0.25, 0.3) is 10.2 Å². The van der Waals surface area contributed by atoms with E-state index in [9.17, 15) is 9.59 Å². The average Bonchev–Trinajstić information content (AvgIpc) is 3.29. The molecule has 2 heterocycles. The summed E-state index contributed by atoms with van der Waals surface area (Å²) in [5.74, 6) is -0.120. The zero-order valence-electron chi connectivity index (χ0n) is 15.7. The van der Waals surface area contributed by atoms with Gasteiger partial charge < -0.3 is 15.5 Å². The van der Waals surface area contributed by atoms with Gasteiger partial charge in [0.1, 0.15) is 6.04 Å². The van der Waals surface area contributed by atoms with Gasteiger partial charge in [0, 0.05) is 31.1 Å². The molecule has 144 valence electrons. The number of aromatic nitrogens is 1. The van der Waals surface area contributed by atoms with E-state index in [1.807, 2.05) is 18.2 Å². The van der Waals surface area contributed by atoms with Crippen LogP contribution in [0, 0.1) is 0 Å². The smallest absolute Gasteiger partial charge is 0.279 e. The zero-order valence-corrected chi connectivity index (χ0v) is 16.5. The number of likely N-dealkylation sites (tertiary alicyclic amines) is 1. The number of amides is 2. The van der Waals surface area contributed by atoms with Gasteiger partial charge in [-0.1, -0.05) is 12.1 Å². The van der Waals surface area contributed by atoms with Crippen molar-refractivity contribution >= 4 is 44.7 Å². The molecule has 2 amide bonds. The Kier molecular flexibility index (Phi) is 5.36. The third-order valence-electron chi connectivity index (χ3n) is 4.97. The molecule has 0 saturated carbocycles. The Morgan fingerprint density at radius 3 is 2.54 bits per heavy atom. The van der Waals surface area contributed by atoms with E-state index in [0.29, 0.717) is 12.2 Å². The maximum absolute atomic E-state index is 12.6. The molecule has 0 bridgehead atoms. The molecule has 2 atom stereocenters. The van der Waals surface area contributed by atoms with Gasteiger partial charge in [-0.25, -0.2) is 4.98 Å². The molecule has 3 aromatic rings. The molecule has 7 heteroatoms. The van der Waals surface area contributed by atoms with Crippen molar-refractivity contribution in [3.63, 3.8) is 0 Å². The van der Waals surface area contributed by atoms with Gasteiger partial charge in [0.2, 0.25) is 5.91 Å². The minimum Gasteiger partial charge on any atom is -0.326 e. The van der Waals surface area contributed by atoms with E-state index in [-0.39, 0.29) is 17.9 Å². The number of quaternary nitrogens is 1. The molecular formula is C21H23N4O2S+. The number of benzene rings is 2. The average molecular weight is 396 g/mol. The van der Waals surface area contributed by atoms with Crippen LogP contribution < -0.4 is 15.5 Å². The van der Waals surface area contributed by atoms with Crippen LogP contribution in [0.3, 0.4) is 0 Å². The fourth-order valence-corrected chi connectivity index (χ4v) is 4.87. The first-order valence-corrected chi connectivity index (χ1v) is 10.3. The first kappa shape index (κ1) is 18.6. The minimum absolute atomic E-state index is 0.00436. The van der Waals surface area contributed by atoms with E-state index in [1.54, 1.807) is 35.6 Å². The van der Waals surface area contributed by atoms with Crippen molar-refractivity contribution in [2.75, 3.05) is 23.7 Å². The summed E-state index contributed by atoms with van der Waals surface area (Å²) in [6.07, 6.45) is 2.17. The SMILES string of the molecule is CC(=O)Nc1ccc(NC(=O)C[NH+]2CCC[C@@H]2c2nc3ccccc3s2)cc1. The highest BCUT2D eigenvalue weighted by atomic mass is 32.1. The number of carbonyl (C=O) groups is 2. The van der Waals surface area contributed by atoms with Gasteiger partial charge >= 0.3 is 0 Å². The van der Waals surface area contributed by atoms with Crippen molar-refractivity contribution in [2.45, 2.75) is 25.8 Å². The van der Waals surface area contributed by atoms with Crippen LogP contribution in [-0.2, 0) is 9.59 Å². The molecule has 1 aliphatic heterocycles. The summed E-state index contributed by atoms with van der Waals surface area (Å²) in [7, 11) is 0. The topological polar surface area (TPSA) is 75.5 Å². The van der Waals surface area contributed by atoms with Crippen molar-refractivity contribution < 1.29 is 14.5 Å². The third-order valence-corrected chi connectivity index (χ3v) is 6.12. The third kappa shape index (κ3) is 4.21. The lowest BCUT2D eigenvalue weighted by Crippen LogP contribution is -3.11. The molecule has 1 saturated heterocycles. The standard InChI is InChI=1S/C21H22N4O2S/c1-14(26)22-15-8-10-16(11-9-15)23-20(27)13-25-12-4-6-18(25)21-24-17-5-2-3-7-19(17)28-21/h2-3,5,7-11,18H,4,6,12-13H2,1H3,(H,22,26)(H,23,27)/p+1/t18-/m1/s1. The number of thiazole rings is 1. The van der Waals surface area contributed by atoms with Gasteiger partial charge in [-0.15, -0.1) is 11.3 Å². The maximum atomic E-state index is 12.6. The van der Waals surface area contributed by atoms with Crippen LogP contribution in [0.5, 0.6) is 0 Å². The summed E-state index contributed by atoms with van der Waals surface area (Å²) >= 11 is 1.74. The number of hydrogen-bond acceptors (Lipinski definition) is 4. The summed E-state index contributed by atoms with van der Waals surface area (Å²) in [5, 5.41) is 6.80. The summed E-state index contributed by atoms with van der Waals surface area (Å²) in [4.78, 5) is 29.7. The van der Waals surface area contributed by atoms with Crippen LogP contribution in [0.2, 0.25) is 0 Å². The molecule has 0 spiro atoms. The lowest BCUT2D eigenvalue weighted by atomic mass is 10.2. The minimum atomic E-state index is -0.115. The number of rotatable bonds is 5. The van der Waals surface area contributed by atoms with E-state index >= 15 is 0 Å². The first-order valence-electron chi connectivity index (χ1n) is 9.46. The molecule has 0 radical (unpaired) electrons. The van der Waals surface area contributed by atoms with Gasteiger partial charge in [0.05, 0.1) is 16.8 Å². The second-order valence-electron chi connectivity index (χ2n) is 7.11. The van der Waals surface area contributed by atoms with Crippen molar-refractivity contribution in [1.82, 2.24) is 4.98 Å². The Morgan fingerprint density at radius 2 is 1.82 bits per heavy atom. The Bertz CT molecular complexity index is 966. The molecule has 1 fully saturated rings. The number of nitrogens with one attached hydrogen (secondary N) is 3. The van der Waals surface area contributed by atoms with Gasteiger partial charge in [0.25, 0.3) is 5.91 Å². The molecule has 6 nitrogen and oxygen atoms in total. The van der Waals surface area contributed by atoms with Crippen molar-refractivity contribution in [3.8, 4) is 0 Å². The van der Waals surface area contributed by atoms with E-state index in [2.05, 4.69) is 16.7 Å². The largest absolute Gasteiger partial charge is 0.326 e. The van der Waals surface area contributed by atoms with Crippen LogP contribution in [0.15, 0.2) is 48.5 Å².